The van der Waals surface area contributed by atoms with Gasteiger partial charge in [0.2, 0.25) is 0 Å². The first-order chi connectivity index (χ1) is 12.7. The van der Waals surface area contributed by atoms with E-state index in [9.17, 15) is 9.59 Å². The second kappa shape index (κ2) is 6.06. The molecule has 5 rings (SSSR count). The Morgan fingerprint density at radius 2 is 2.08 bits per heavy atom. The fourth-order valence-corrected chi connectivity index (χ4v) is 5.37. The number of thiazole rings is 1. The van der Waals surface area contributed by atoms with Crippen LogP contribution < -0.4 is 10.9 Å². The van der Waals surface area contributed by atoms with Crippen molar-refractivity contribution in [2.45, 2.75) is 44.6 Å². The third-order valence-corrected chi connectivity index (χ3v) is 6.63. The van der Waals surface area contributed by atoms with Crippen LogP contribution >= 0.6 is 11.3 Å². The number of fused-ring (bicyclic) bond motifs is 4. The summed E-state index contributed by atoms with van der Waals surface area (Å²) in [6.07, 6.45) is 7.37. The minimum absolute atomic E-state index is 0.0410. The maximum absolute atomic E-state index is 12.9. The van der Waals surface area contributed by atoms with E-state index in [2.05, 4.69) is 22.4 Å². The molecule has 2 aromatic heterocycles. The van der Waals surface area contributed by atoms with Gasteiger partial charge in [0.1, 0.15) is 5.56 Å². The highest BCUT2D eigenvalue weighted by molar-refractivity contribution is 7.17. The zero-order valence-corrected chi connectivity index (χ0v) is 15.1. The molecule has 6 heteroatoms. The monoisotopic (exact) mass is 365 g/mol. The molecule has 26 heavy (non-hydrogen) atoms. The highest BCUT2D eigenvalue weighted by Crippen LogP contribution is 2.30. The molecule has 132 valence electrons. The topological polar surface area (TPSA) is 63.5 Å². The molecule has 1 unspecified atom stereocenters. The average Bonchev–Trinajstić information content (AvgIpc) is 3.23. The first-order valence-corrected chi connectivity index (χ1v) is 9.95. The molecular weight excluding hydrogens is 346 g/mol. The third kappa shape index (κ3) is 2.40. The number of hydrogen-bond acceptors (Lipinski definition) is 4. The Morgan fingerprint density at radius 1 is 1.19 bits per heavy atom. The Bertz CT molecular complexity index is 1080. The van der Waals surface area contributed by atoms with E-state index < -0.39 is 0 Å². The van der Waals surface area contributed by atoms with E-state index in [1.165, 1.54) is 16.6 Å². The largest absolute Gasteiger partial charge is 0.345 e. The summed E-state index contributed by atoms with van der Waals surface area (Å²) in [6.45, 7) is 0. The van der Waals surface area contributed by atoms with E-state index in [1.807, 2.05) is 12.1 Å². The van der Waals surface area contributed by atoms with Gasteiger partial charge in [-0.15, -0.1) is 11.3 Å². The van der Waals surface area contributed by atoms with Gasteiger partial charge in [-0.1, -0.05) is 24.3 Å². The molecule has 2 aliphatic rings. The lowest BCUT2D eigenvalue weighted by Crippen LogP contribution is -2.35. The van der Waals surface area contributed by atoms with Crippen LogP contribution in [0.5, 0.6) is 0 Å². The Morgan fingerprint density at radius 3 is 3.00 bits per heavy atom. The molecule has 0 radical (unpaired) electrons. The molecular formula is C20H19N3O2S. The summed E-state index contributed by atoms with van der Waals surface area (Å²) in [6, 6.07) is 8.18. The lowest BCUT2D eigenvalue weighted by Gasteiger charge is -2.26. The fraction of sp³-hybridized carbons (Fsp3) is 0.350. The highest BCUT2D eigenvalue weighted by Gasteiger charge is 2.25. The number of aryl methyl sites for hydroxylation is 3. The van der Waals surface area contributed by atoms with Crippen molar-refractivity contribution in [1.82, 2.24) is 14.7 Å². The van der Waals surface area contributed by atoms with E-state index in [0.717, 1.165) is 49.8 Å². The van der Waals surface area contributed by atoms with E-state index in [0.29, 0.717) is 4.96 Å². The number of rotatable bonds is 2. The number of benzene rings is 1. The number of nitrogens with one attached hydrogen (secondary N) is 1. The number of amides is 1. The lowest BCUT2D eigenvalue weighted by molar-refractivity contribution is 0.0930. The lowest BCUT2D eigenvalue weighted by atomic mass is 9.87. The molecule has 1 aromatic carbocycles. The Balaban J connectivity index is 1.50. The number of carbonyl (C=O) groups is 1. The van der Waals surface area contributed by atoms with Crippen LogP contribution in [0.15, 0.2) is 35.3 Å². The van der Waals surface area contributed by atoms with Crippen molar-refractivity contribution < 1.29 is 4.79 Å². The van der Waals surface area contributed by atoms with Crippen LogP contribution in [-0.4, -0.2) is 15.3 Å². The normalized spacial score (nSPS) is 18.5. The molecule has 3 aromatic rings. The first-order valence-electron chi connectivity index (χ1n) is 9.13. The van der Waals surface area contributed by atoms with E-state index >= 15 is 0 Å². The number of aromatic nitrogens is 2. The Labute approximate surface area is 154 Å². The molecule has 1 amide bonds. The van der Waals surface area contributed by atoms with E-state index in [-0.39, 0.29) is 23.1 Å². The molecule has 0 saturated heterocycles. The maximum Gasteiger partial charge on any atom is 0.271 e. The molecule has 1 N–H and O–H groups in total. The van der Waals surface area contributed by atoms with Crippen LogP contribution in [0.1, 0.15) is 57.4 Å². The summed E-state index contributed by atoms with van der Waals surface area (Å²) >= 11 is 1.57. The molecule has 0 saturated carbocycles. The summed E-state index contributed by atoms with van der Waals surface area (Å²) < 4.78 is 1.65. The second-order valence-corrected chi connectivity index (χ2v) is 8.10. The average molecular weight is 365 g/mol. The van der Waals surface area contributed by atoms with Crippen LogP contribution in [0.25, 0.3) is 4.96 Å². The van der Waals surface area contributed by atoms with Crippen molar-refractivity contribution in [3.63, 3.8) is 0 Å². The van der Waals surface area contributed by atoms with Crippen molar-refractivity contribution in [2.24, 2.45) is 0 Å². The van der Waals surface area contributed by atoms with Gasteiger partial charge in [-0.2, -0.15) is 0 Å². The molecule has 2 aliphatic carbocycles. The fourth-order valence-electron chi connectivity index (χ4n) is 4.20. The van der Waals surface area contributed by atoms with Gasteiger partial charge in [-0.25, -0.2) is 4.98 Å². The quantitative estimate of drug-likeness (QED) is 0.759. The maximum atomic E-state index is 12.9. The molecule has 2 heterocycles. The Hall–Kier alpha value is -2.47. The van der Waals surface area contributed by atoms with E-state index in [4.69, 9.17) is 0 Å². The number of nitrogens with zero attached hydrogens (tertiary/aromatic N) is 2. The zero-order chi connectivity index (χ0) is 17.7. The molecule has 0 spiro atoms. The van der Waals surface area contributed by atoms with Gasteiger partial charge in [-0.05, 0) is 49.7 Å². The van der Waals surface area contributed by atoms with Crippen LogP contribution in [0, 0.1) is 0 Å². The van der Waals surface area contributed by atoms with Gasteiger partial charge in [0, 0.05) is 16.8 Å². The van der Waals surface area contributed by atoms with Gasteiger partial charge in [0.25, 0.3) is 11.5 Å². The van der Waals surface area contributed by atoms with Gasteiger partial charge in [-0.3, -0.25) is 14.0 Å². The molecule has 0 fully saturated rings. The van der Waals surface area contributed by atoms with Crippen LogP contribution in [-0.2, 0) is 19.3 Å². The van der Waals surface area contributed by atoms with Gasteiger partial charge < -0.3 is 5.32 Å². The van der Waals surface area contributed by atoms with Crippen molar-refractivity contribution in [1.29, 1.82) is 0 Å². The standard InChI is InChI=1S/C20H19N3O2S/c24-18(22-15-8-3-6-12-5-1-2-7-13(12)15)14-11-21-20-23(19(14)25)16-9-4-10-17(16)26-20/h1-2,5,7,11,15H,3-4,6,8-10H2,(H,22,24). The van der Waals surface area contributed by atoms with Crippen LogP contribution in [0.3, 0.4) is 0 Å². The summed E-state index contributed by atoms with van der Waals surface area (Å²) in [5, 5.41) is 3.07. The van der Waals surface area contributed by atoms with Gasteiger partial charge in [0.05, 0.1) is 6.04 Å². The molecule has 0 aliphatic heterocycles. The first kappa shape index (κ1) is 15.8. The minimum atomic E-state index is -0.323. The van der Waals surface area contributed by atoms with E-state index in [1.54, 1.807) is 15.7 Å². The van der Waals surface area contributed by atoms with Crippen molar-refractivity contribution >= 4 is 22.2 Å². The van der Waals surface area contributed by atoms with Crippen molar-refractivity contribution in [2.75, 3.05) is 0 Å². The highest BCUT2D eigenvalue weighted by atomic mass is 32.1. The minimum Gasteiger partial charge on any atom is -0.345 e. The van der Waals surface area contributed by atoms with Crippen LogP contribution in [0.4, 0.5) is 0 Å². The SMILES string of the molecule is O=C(NC1CCCc2ccccc21)c1cnc2sc3c(n2c1=O)CCC3. The van der Waals surface area contributed by atoms with Crippen molar-refractivity contribution in [3.8, 4) is 0 Å². The summed E-state index contributed by atoms with van der Waals surface area (Å²) in [5.74, 6) is -0.323. The smallest absolute Gasteiger partial charge is 0.271 e. The van der Waals surface area contributed by atoms with Crippen LogP contribution in [0.2, 0.25) is 0 Å². The summed E-state index contributed by atoms with van der Waals surface area (Å²) in [4.78, 5) is 32.1. The van der Waals surface area contributed by atoms with Crippen molar-refractivity contribution in [3.05, 3.63) is 68.1 Å². The molecule has 1 atom stereocenters. The second-order valence-electron chi connectivity index (χ2n) is 7.04. The van der Waals surface area contributed by atoms with Gasteiger partial charge in [0.15, 0.2) is 4.96 Å². The molecule has 0 bridgehead atoms. The third-order valence-electron chi connectivity index (χ3n) is 5.47. The summed E-state index contributed by atoms with van der Waals surface area (Å²) in [7, 11) is 0. The molecule has 5 nitrogen and oxygen atoms in total. The van der Waals surface area contributed by atoms with Gasteiger partial charge >= 0.3 is 0 Å². The predicted molar refractivity (Wildman–Crippen MR) is 101 cm³/mol. The number of carbonyl (C=O) groups excluding carboxylic acids is 1. The predicted octanol–water partition coefficient (Wildman–Crippen LogP) is 3.05. The zero-order valence-electron chi connectivity index (χ0n) is 14.3. The number of hydrogen-bond donors (Lipinski definition) is 1. The summed E-state index contributed by atoms with van der Waals surface area (Å²) in [5.41, 5.74) is 3.39. The Kier molecular flexibility index (Phi) is 3.67.